The summed E-state index contributed by atoms with van der Waals surface area (Å²) in [6.45, 7) is 0.730. The van der Waals surface area contributed by atoms with E-state index in [9.17, 15) is 5.11 Å². The van der Waals surface area contributed by atoms with E-state index in [4.69, 9.17) is 5.73 Å². The summed E-state index contributed by atoms with van der Waals surface area (Å²) in [7, 11) is 0. The lowest BCUT2D eigenvalue weighted by molar-refractivity contribution is -0.527. The summed E-state index contributed by atoms with van der Waals surface area (Å²) < 4.78 is 2.66. The van der Waals surface area contributed by atoms with Crippen molar-refractivity contribution in [2.45, 2.75) is 5.25 Å². The number of hydrogen-bond acceptors (Lipinski definition) is 4. The molecule has 0 fully saturated rings. The maximum absolute atomic E-state index is 9.54. The van der Waals surface area contributed by atoms with Crippen LogP contribution in [0.1, 0.15) is 16.4 Å². The molecule has 1 unspecified atom stereocenters. The van der Waals surface area contributed by atoms with Gasteiger partial charge in [-0.3, -0.25) is 5.73 Å². The Morgan fingerprint density at radius 2 is 2.00 bits per heavy atom. The predicted octanol–water partition coefficient (Wildman–Crippen LogP) is 0.308. The number of thioether (sulfide) groups is 1. The molecule has 3 N–H and O–H groups in total. The summed E-state index contributed by atoms with van der Waals surface area (Å²) in [6, 6.07) is 15.3. The van der Waals surface area contributed by atoms with Crippen LogP contribution in [0.25, 0.3) is 0 Å². The zero-order chi connectivity index (χ0) is 15.5. The highest BCUT2D eigenvalue weighted by atomic mass is 79.9. The normalized spacial score (nSPS) is 17.5. The molecule has 0 aliphatic carbocycles. The minimum absolute atomic E-state index is 0. The number of benzene rings is 2. The van der Waals surface area contributed by atoms with Crippen LogP contribution in [-0.4, -0.2) is 27.7 Å². The quantitative estimate of drug-likeness (QED) is 0.516. The van der Waals surface area contributed by atoms with Gasteiger partial charge in [0.2, 0.25) is 0 Å². The second-order valence-corrected chi connectivity index (χ2v) is 6.97. The van der Waals surface area contributed by atoms with Crippen molar-refractivity contribution in [3.63, 3.8) is 0 Å². The maximum atomic E-state index is 9.54. The summed E-state index contributed by atoms with van der Waals surface area (Å²) in [4.78, 5) is 0. The van der Waals surface area contributed by atoms with E-state index < -0.39 is 0 Å². The van der Waals surface area contributed by atoms with Crippen molar-refractivity contribution in [1.82, 2.24) is 0 Å². The Labute approximate surface area is 158 Å². The molecule has 23 heavy (non-hydrogen) atoms. The Morgan fingerprint density at radius 1 is 1.26 bits per heavy atom. The Hall–Kier alpha value is -1.31. The zero-order valence-electron chi connectivity index (χ0n) is 12.1. The van der Waals surface area contributed by atoms with Crippen LogP contribution in [0.4, 0.5) is 0 Å². The van der Waals surface area contributed by atoms with Crippen LogP contribution in [0.3, 0.4) is 0 Å². The molecule has 2 aromatic rings. The third-order valence-corrected chi connectivity index (χ3v) is 5.22. The molecule has 0 radical (unpaired) electrons. The van der Waals surface area contributed by atoms with Gasteiger partial charge in [0.25, 0.3) is 0 Å². The van der Waals surface area contributed by atoms with Crippen molar-refractivity contribution in [2.24, 2.45) is 10.8 Å². The molecule has 1 aliphatic rings. The Kier molecular flexibility index (Phi) is 6.26. The van der Waals surface area contributed by atoms with Gasteiger partial charge < -0.3 is 22.1 Å². The number of aromatic hydroxyl groups is 1. The number of hydrazone groups is 1. The average molecular weight is 457 g/mol. The Bertz CT molecular complexity index is 750. The van der Waals surface area contributed by atoms with Gasteiger partial charge in [-0.2, -0.15) is 0 Å². The van der Waals surface area contributed by atoms with E-state index in [1.54, 1.807) is 40.9 Å². The molecule has 0 saturated heterocycles. The number of halogens is 2. The van der Waals surface area contributed by atoms with Crippen LogP contribution in [0.15, 0.2) is 58.1 Å². The van der Waals surface area contributed by atoms with Crippen LogP contribution in [0, 0.1) is 0 Å². The van der Waals surface area contributed by atoms with Gasteiger partial charge in [-0.1, -0.05) is 51.4 Å². The molecule has 0 bridgehead atoms. The third-order valence-electron chi connectivity index (χ3n) is 3.34. The predicted molar refractivity (Wildman–Crippen MR) is 94.5 cm³/mol. The highest BCUT2D eigenvalue weighted by Gasteiger charge is 2.29. The highest BCUT2D eigenvalue weighted by Crippen LogP contribution is 2.33. The summed E-state index contributed by atoms with van der Waals surface area (Å²) in [5.74, 6) is 0.208. The zero-order valence-corrected chi connectivity index (χ0v) is 16.1. The molecule has 7 heteroatoms. The van der Waals surface area contributed by atoms with Gasteiger partial charge in [-0.25, -0.2) is 0 Å². The topological polar surface area (TPSA) is 61.6 Å². The summed E-state index contributed by atoms with van der Waals surface area (Å²) in [5, 5.41) is 14.9. The standard InChI is InChI=1S/C16H14BrN3OS.BrH/c17-14-7-6-13(21)8-12(14)9-19-20-10-15(22-16(20)18)11-4-2-1-3-5-11;/h1-9,15,18,21H,10H2;1H. The summed E-state index contributed by atoms with van der Waals surface area (Å²) in [6.07, 6.45) is 1.70. The fourth-order valence-electron chi connectivity index (χ4n) is 2.20. The minimum Gasteiger partial charge on any atom is -1.00 e. The van der Waals surface area contributed by atoms with Crippen molar-refractivity contribution >= 4 is 39.1 Å². The number of nitrogens with zero attached hydrogens (tertiary/aromatic N) is 2. The molecule has 0 saturated carbocycles. The van der Waals surface area contributed by atoms with Gasteiger partial charge in [0.1, 0.15) is 12.3 Å². The first-order valence-electron chi connectivity index (χ1n) is 6.77. The summed E-state index contributed by atoms with van der Waals surface area (Å²) >= 11 is 5.05. The first-order valence-corrected chi connectivity index (χ1v) is 8.45. The Morgan fingerprint density at radius 3 is 2.74 bits per heavy atom. The maximum Gasteiger partial charge on any atom is 0.330 e. The molecular formula is C16H15Br2N3OS. The van der Waals surface area contributed by atoms with Crippen LogP contribution in [-0.2, 0) is 0 Å². The van der Waals surface area contributed by atoms with E-state index in [1.165, 1.54) is 5.56 Å². The smallest absolute Gasteiger partial charge is 0.330 e. The lowest BCUT2D eigenvalue weighted by Gasteiger charge is -2.05. The second kappa shape index (κ2) is 7.99. The molecule has 1 atom stereocenters. The van der Waals surface area contributed by atoms with Crippen molar-refractivity contribution in [1.29, 1.82) is 0 Å². The van der Waals surface area contributed by atoms with Crippen LogP contribution in [0.5, 0.6) is 5.75 Å². The molecule has 1 aliphatic heterocycles. The van der Waals surface area contributed by atoms with E-state index in [0.29, 0.717) is 5.17 Å². The molecule has 1 heterocycles. The second-order valence-electron chi connectivity index (χ2n) is 4.89. The van der Waals surface area contributed by atoms with Crippen molar-refractivity contribution in [2.75, 3.05) is 6.54 Å². The van der Waals surface area contributed by atoms with Gasteiger partial charge >= 0.3 is 5.17 Å². The van der Waals surface area contributed by atoms with Crippen LogP contribution in [0.2, 0.25) is 0 Å². The van der Waals surface area contributed by atoms with Crippen LogP contribution >= 0.6 is 27.7 Å². The number of phenols is 1. The lowest BCUT2D eigenvalue weighted by atomic mass is 10.1. The van der Waals surface area contributed by atoms with E-state index in [2.05, 4.69) is 33.2 Å². The largest absolute Gasteiger partial charge is 1.00 e. The number of amidine groups is 1. The first-order chi connectivity index (χ1) is 10.6. The van der Waals surface area contributed by atoms with Crippen molar-refractivity contribution in [3.8, 4) is 5.75 Å². The molecule has 0 aromatic heterocycles. The minimum atomic E-state index is 0. The SMILES string of the molecule is NC1=[N+](N=Cc2cc(O)ccc2Br)CC(c2ccccc2)S1.[Br-]. The fraction of sp³-hybridized carbons (Fsp3) is 0.125. The number of phenolic OH excluding ortho intramolecular Hbond substituents is 1. The molecule has 120 valence electrons. The number of hydrogen-bond donors (Lipinski definition) is 2. The van der Waals surface area contributed by atoms with Gasteiger partial charge in [-0.15, -0.1) is 4.68 Å². The third kappa shape index (κ3) is 4.37. The van der Waals surface area contributed by atoms with Gasteiger partial charge in [0, 0.05) is 10.0 Å². The molecule has 4 nitrogen and oxygen atoms in total. The van der Waals surface area contributed by atoms with Crippen LogP contribution < -0.4 is 22.7 Å². The first kappa shape index (κ1) is 18.0. The van der Waals surface area contributed by atoms with E-state index in [1.807, 2.05) is 18.2 Å². The average Bonchev–Trinajstić information content (AvgIpc) is 2.90. The molecule has 0 spiro atoms. The monoisotopic (exact) mass is 455 g/mol. The van der Waals surface area contributed by atoms with E-state index >= 15 is 0 Å². The fourth-order valence-corrected chi connectivity index (χ4v) is 3.59. The number of rotatable bonds is 3. The van der Waals surface area contributed by atoms with Crippen molar-refractivity contribution in [3.05, 3.63) is 64.1 Å². The van der Waals surface area contributed by atoms with E-state index in [-0.39, 0.29) is 28.0 Å². The van der Waals surface area contributed by atoms with Gasteiger partial charge in [-0.05, 0) is 35.5 Å². The lowest BCUT2D eigenvalue weighted by Crippen LogP contribution is -3.00. The van der Waals surface area contributed by atoms with Crippen molar-refractivity contribution < 1.29 is 26.8 Å². The Balaban J connectivity index is 0.00000192. The molecule has 3 rings (SSSR count). The molecular weight excluding hydrogens is 442 g/mol. The summed E-state index contributed by atoms with van der Waals surface area (Å²) in [5.41, 5.74) is 8.12. The molecule has 0 amide bonds. The number of nitrogens with two attached hydrogens (primary N) is 1. The van der Waals surface area contributed by atoms with Gasteiger partial charge in [0.15, 0.2) is 0 Å². The van der Waals surface area contributed by atoms with E-state index in [0.717, 1.165) is 16.6 Å². The highest BCUT2D eigenvalue weighted by molar-refractivity contribution is 9.10. The van der Waals surface area contributed by atoms with Gasteiger partial charge in [0.05, 0.1) is 11.5 Å². The molecule has 2 aromatic carbocycles.